The van der Waals surface area contributed by atoms with E-state index in [9.17, 15) is 23.3 Å². The molecule has 0 N–H and O–H groups in total. The third-order valence-electron chi connectivity index (χ3n) is 4.57. The Hall–Kier alpha value is -1.76. The zero-order chi connectivity index (χ0) is 17.4. The number of sulfone groups is 1. The third-order valence-corrected chi connectivity index (χ3v) is 6.71. The normalized spacial score (nSPS) is 22.8. The summed E-state index contributed by atoms with van der Waals surface area (Å²) >= 11 is 0. The Kier molecular flexibility index (Phi) is 4.61. The summed E-state index contributed by atoms with van der Waals surface area (Å²) in [5, 5.41) is 9.62. The molecule has 0 aromatic heterocycles. The topological polar surface area (TPSA) is 94.3 Å². The Morgan fingerprint density at radius 2 is 1.74 bits per heavy atom. The fourth-order valence-corrected chi connectivity index (χ4v) is 4.79. The van der Waals surface area contributed by atoms with E-state index in [-0.39, 0.29) is 34.1 Å². The molecule has 0 saturated heterocycles. The molecular weight excluding hydrogens is 318 g/mol. The van der Waals surface area contributed by atoms with Crippen molar-refractivity contribution in [1.82, 2.24) is 0 Å². The van der Waals surface area contributed by atoms with E-state index in [1.807, 2.05) is 20.8 Å². The summed E-state index contributed by atoms with van der Waals surface area (Å²) in [6.07, 6.45) is 1.27. The number of hydrogen-bond acceptors (Lipinski definition) is 5. The molecule has 6 nitrogen and oxygen atoms in total. The lowest BCUT2D eigenvalue weighted by molar-refractivity contribution is -0.384. The van der Waals surface area contributed by atoms with Crippen molar-refractivity contribution in [3.63, 3.8) is 0 Å². The van der Waals surface area contributed by atoms with E-state index in [2.05, 4.69) is 0 Å². The van der Waals surface area contributed by atoms with Gasteiger partial charge in [0.1, 0.15) is 5.25 Å². The maximum Gasteiger partial charge on any atom is 0.269 e. The van der Waals surface area contributed by atoms with Crippen LogP contribution >= 0.6 is 0 Å². The quantitative estimate of drug-likeness (QED) is 0.623. The molecule has 0 bridgehead atoms. The number of rotatable bonds is 3. The summed E-state index contributed by atoms with van der Waals surface area (Å²) in [5.74, 6) is -0.109. The molecule has 7 heteroatoms. The highest BCUT2D eigenvalue weighted by Gasteiger charge is 2.42. The van der Waals surface area contributed by atoms with Gasteiger partial charge < -0.3 is 0 Å². The Morgan fingerprint density at radius 3 is 2.22 bits per heavy atom. The molecule has 126 valence electrons. The molecule has 0 unspecified atom stereocenters. The van der Waals surface area contributed by atoms with Crippen LogP contribution in [-0.4, -0.2) is 24.4 Å². The Morgan fingerprint density at radius 1 is 1.17 bits per heavy atom. The first kappa shape index (κ1) is 17.6. The zero-order valence-electron chi connectivity index (χ0n) is 13.5. The third kappa shape index (κ3) is 3.60. The van der Waals surface area contributed by atoms with Gasteiger partial charge in [-0.15, -0.1) is 0 Å². The summed E-state index contributed by atoms with van der Waals surface area (Å²) < 4.78 is 25.5. The van der Waals surface area contributed by atoms with Crippen LogP contribution in [0.15, 0.2) is 29.2 Å². The van der Waals surface area contributed by atoms with E-state index in [1.54, 1.807) is 0 Å². The SMILES string of the molecule is CC(C)(C)[C@H]1CCC(=O)[C@@H](S(=O)(=O)c2ccc([N+](=O)[O-])cc2)C1. The van der Waals surface area contributed by atoms with E-state index in [1.165, 1.54) is 12.1 Å². The zero-order valence-corrected chi connectivity index (χ0v) is 14.3. The van der Waals surface area contributed by atoms with Gasteiger partial charge in [0.25, 0.3) is 5.69 Å². The molecule has 0 aliphatic heterocycles. The second kappa shape index (κ2) is 6.03. The van der Waals surface area contributed by atoms with E-state index in [0.29, 0.717) is 12.8 Å². The largest absolute Gasteiger partial charge is 0.298 e. The molecule has 0 heterocycles. The van der Waals surface area contributed by atoms with Gasteiger partial charge in [-0.2, -0.15) is 0 Å². The number of ketones is 1. The van der Waals surface area contributed by atoms with Crippen LogP contribution in [0.2, 0.25) is 0 Å². The summed E-state index contributed by atoms with van der Waals surface area (Å²) in [6.45, 7) is 6.13. The standard InChI is InChI=1S/C16H21NO5S/c1-16(2,3)11-4-9-14(18)15(10-11)23(21,22)13-7-5-12(6-8-13)17(19)20/h5-8,11,15H,4,9-10H2,1-3H3/t11-,15-/m0/s1. The van der Waals surface area contributed by atoms with Gasteiger partial charge in [-0.25, -0.2) is 8.42 Å². The van der Waals surface area contributed by atoms with E-state index in [0.717, 1.165) is 12.1 Å². The molecule has 1 fully saturated rings. The van der Waals surface area contributed by atoms with Gasteiger partial charge in [-0.1, -0.05) is 20.8 Å². The summed E-state index contributed by atoms with van der Waals surface area (Å²) in [5.41, 5.74) is -0.240. The predicted molar refractivity (Wildman–Crippen MR) is 85.9 cm³/mol. The highest BCUT2D eigenvalue weighted by molar-refractivity contribution is 7.92. The van der Waals surface area contributed by atoms with E-state index < -0.39 is 20.0 Å². The summed E-state index contributed by atoms with van der Waals surface area (Å²) in [7, 11) is -3.82. The van der Waals surface area contributed by atoms with Crippen LogP contribution in [0, 0.1) is 21.4 Å². The van der Waals surface area contributed by atoms with Gasteiger partial charge in [0.2, 0.25) is 0 Å². The number of carbonyl (C=O) groups is 1. The minimum atomic E-state index is -3.82. The molecule has 0 amide bonds. The van der Waals surface area contributed by atoms with Crippen molar-refractivity contribution < 1.29 is 18.1 Å². The average Bonchev–Trinajstić information content (AvgIpc) is 2.46. The van der Waals surface area contributed by atoms with Gasteiger partial charge in [0.15, 0.2) is 15.6 Å². The Bertz CT molecular complexity index is 716. The number of hydrogen-bond donors (Lipinski definition) is 0. The van der Waals surface area contributed by atoms with Crippen molar-refractivity contribution in [2.45, 2.75) is 50.2 Å². The maximum absolute atomic E-state index is 12.8. The van der Waals surface area contributed by atoms with Crippen LogP contribution in [-0.2, 0) is 14.6 Å². The first-order valence-corrected chi connectivity index (χ1v) is 9.09. The summed E-state index contributed by atoms with van der Waals surface area (Å²) in [4.78, 5) is 22.2. The van der Waals surface area contributed by atoms with E-state index in [4.69, 9.17) is 0 Å². The predicted octanol–water partition coefficient (Wildman–Crippen LogP) is 3.15. The maximum atomic E-state index is 12.8. The Balaban J connectivity index is 2.33. The lowest BCUT2D eigenvalue weighted by Gasteiger charge is -2.36. The fourth-order valence-electron chi connectivity index (χ4n) is 2.99. The average molecular weight is 339 g/mol. The van der Waals surface area contributed by atoms with Crippen LogP contribution < -0.4 is 0 Å². The van der Waals surface area contributed by atoms with Crippen LogP contribution in [0.3, 0.4) is 0 Å². The lowest BCUT2D eigenvalue weighted by Crippen LogP contribution is -2.40. The smallest absolute Gasteiger partial charge is 0.269 e. The first-order valence-electron chi connectivity index (χ1n) is 7.54. The highest BCUT2D eigenvalue weighted by atomic mass is 32.2. The lowest BCUT2D eigenvalue weighted by atomic mass is 9.72. The second-order valence-corrected chi connectivity index (χ2v) is 9.22. The van der Waals surface area contributed by atoms with Crippen molar-refractivity contribution >= 4 is 21.3 Å². The number of benzene rings is 1. The van der Waals surface area contributed by atoms with Crippen molar-refractivity contribution in [2.75, 3.05) is 0 Å². The van der Waals surface area contributed by atoms with Crippen LogP contribution in [0.5, 0.6) is 0 Å². The molecule has 0 spiro atoms. The van der Waals surface area contributed by atoms with Crippen LogP contribution in [0.4, 0.5) is 5.69 Å². The molecule has 1 saturated carbocycles. The van der Waals surface area contributed by atoms with Gasteiger partial charge in [0, 0.05) is 18.6 Å². The van der Waals surface area contributed by atoms with E-state index >= 15 is 0 Å². The number of Topliss-reactive ketones (excluding diaryl/α,β-unsaturated/α-hetero) is 1. The highest BCUT2D eigenvalue weighted by Crippen LogP contribution is 2.39. The number of non-ortho nitro benzene ring substituents is 1. The first-order chi connectivity index (χ1) is 10.5. The van der Waals surface area contributed by atoms with Crippen molar-refractivity contribution in [2.24, 2.45) is 11.3 Å². The molecule has 2 atom stereocenters. The minimum absolute atomic E-state index is 0.0315. The molecule has 23 heavy (non-hydrogen) atoms. The van der Waals surface area contributed by atoms with Gasteiger partial charge >= 0.3 is 0 Å². The second-order valence-electron chi connectivity index (χ2n) is 7.09. The molecule has 1 aromatic rings. The summed E-state index contributed by atoms with van der Waals surface area (Å²) in [6, 6.07) is 4.73. The van der Waals surface area contributed by atoms with Crippen molar-refractivity contribution in [3.8, 4) is 0 Å². The van der Waals surface area contributed by atoms with Gasteiger partial charge in [0.05, 0.1) is 9.82 Å². The molecule has 0 radical (unpaired) electrons. The molecule has 1 aliphatic rings. The molecule has 1 aliphatic carbocycles. The van der Waals surface area contributed by atoms with Crippen LogP contribution in [0.1, 0.15) is 40.0 Å². The van der Waals surface area contributed by atoms with Crippen molar-refractivity contribution in [1.29, 1.82) is 0 Å². The minimum Gasteiger partial charge on any atom is -0.298 e. The van der Waals surface area contributed by atoms with Gasteiger partial charge in [-0.05, 0) is 36.3 Å². The number of nitrogens with zero attached hydrogens (tertiary/aromatic N) is 1. The fraction of sp³-hybridized carbons (Fsp3) is 0.562. The number of nitro benzene ring substituents is 1. The van der Waals surface area contributed by atoms with Gasteiger partial charge in [-0.3, -0.25) is 14.9 Å². The van der Waals surface area contributed by atoms with Crippen LogP contribution in [0.25, 0.3) is 0 Å². The number of carbonyl (C=O) groups excluding carboxylic acids is 1. The molecular formula is C16H21NO5S. The number of nitro groups is 1. The van der Waals surface area contributed by atoms with Crippen molar-refractivity contribution in [3.05, 3.63) is 34.4 Å². The monoisotopic (exact) mass is 339 g/mol. The molecule has 1 aromatic carbocycles. The molecule has 2 rings (SSSR count). The Labute approximate surface area is 136 Å².